The van der Waals surface area contributed by atoms with E-state index < -0.39 is 32.1 Å². The Morgan fingerprint density at radius 3 is 1.92 bits per heavy atom. The first kappa shape index (κ1) is 28.2. The lowest BCUT2D eigenvalue weighted by Gasteiger charge is -2.41. The molecular weight excluding hydrogens is 478 g/mol. The molecule has 0 aliphatic heterocycles. The van der Waals surface area contributed by atoms with Crippen LogP contribution in [0, 0.1) is 20.2 Å². The molecule has 0 bridgehead atoms. The summed E-state index contributed by atoms with van der Waals surface area (Å²) < 4.78 is 0. The van der Waals surface area contributed by atoms with Crippen molar-refractivity contribution in [2.45, 2.75) is 90.1 Å². The van der Waals surface area contributed by atoms with Crippen molar-refractivity contribution in [1.29, 1.82) is 0 Å². The van der Waals surface area contributed by atoms with E-state index in [4.69, 9.17) is 0 Å². The zero-order chi connectivity index (χ0) is 26.9. The van der Waals surface area contributed by atoms with Gasteiger partial charge in [-0.25, -0.2) is 0 Å². The van der Waals surface area contributed by atoms with Crippen molar-refractivity contribution in [1.82, 2.24) is 4.90 Å². The number of hydrogen-bond acceptors (Lipinski definition) is 9. The normalized spacial score (nSPS) is 17.7. The van der Waals surface area contributed by atoms with Crippen LogP contribution in [0.3, 0.4) is 0 Å². The highest BCUT2D eigenvalue weighted by molar-refractivity contribution is 5.80. The zero-order valence-electron chi connectivity index (χ0n) is 21.7. The van der Waals surface area contributed by atoms with Crippen LogP contribution in [-0.4, -0.2) is 39.9 Å². The molecule has 1 saturated carbocycles. The van der Waals surface area contributed by atoms with Crippen LogP contribution in [0.5, 0.6) is 0 Å². The van der Waals surface area contributed by atoms with Gasteiger partial charge in [0.15, 0.2) is 0 Å². The van der Waals surface area contributed by atoms with Crippen LogP contribution in [0.15, 0.2) is 27.8 Å². The molecule has 2 aromatic carbocycles. The Labute approximate surface area is 216 Å². The van der Waals surface area contributed by atoms with Crippen molar-refractivity contribution in [3.8, 4) is 0 Å². The third-order valence-corrected chi connectivity index (χ3v) is 7.13. The Bertz CT molecular complexity index is 1120. The summed E-state index contributed by atoms with van der Waals surface area (Å²) in [5, 5.41) is 28.5. The largest absolute Gasteiger partial charge is 0.376 e. The maximum atomic E-state index is 12.5. The van der Waals surface area contributed by atoms with E-state index in [1.54, 1.807) is 0 Å². The first-order valence-corrected chi connectivity index (χ1v) is 13.3. The van der Waals surface area contributed by atoms with Crippen LogP contribution in [0.4, 0.5) is 28.4 Å². The van der Waals surface area contributed by atoms with Crippen LogP contribution >= 0.6 is 0 Å². The Hall–Kier alpha value is -3.34. The quantitative estimate of drug-likeness (QED) is 0.140. The number of benzene rings is 1. The predicted octanol–water partition coefficient (Wildman–Crippen LogP) is 5.25. The van der Waals surface area contributed by atoms with E-state index in [0.29, 0.717) is 0 Å². The van der Waals surface area contributed by atoms with Crippen LogP contribution in [0.1, 0.15) is 78.1 Å². The minimum Gasteiger partial charge on any atom is -0.376 e. The maximum absolute atomic E-state index is 12.5. The molecule has 0 amide bonds. The van der Waals surface area contributed by atoms with Gasteiger partial charge in [-0.1, -0.05) is 52.4 Å². The third kappa shape index (κ3) is 7.12. The summed E-state index contributed by atoms with van der Waals surface area (Å²) in [4.78, 5) is 48.5. The number of hydrogen-bond donors (Lipinski definition) is 2. The number of unbranched alkanes of at least 4 members (excludes halogenated alkanes) is 4. The van der Waals surface area contributed by atoms with E-state index >= 15 is 0 Å². The second kappa shape index (κ2) is 13.3. The summed E-state index contributed by atoms with van der Waals surface area (Å²) in [7, 11) is 0. The highest BCUT2D eigenvalue weighted by atomic mass is 16.6. The van der Waals surface area contributed by atoms with Crippen LogP contribution in [0.2, 0.25) is 0 Å². The fourth-order valence-corrected chi connectivity index (χ4v) is 5.15. The molecule has 1 fully saturated rings. The summed E-state index contributed by atoms with van der Waals surface area (Å²) in [6, 6.07) is 3.30. The van der Waals surface area contributed by atoms with Gasteiger partial charge in [0.05, 0.1) is 21.6 Å². The number of nitrogens with one attached hydrogen (secondary N) is 2. The smallest absolute Gasteiger partial charge is 0.278 e. The molecule has 2 atom stereocenters. The number of anilines is 3. The molecule has 202 valence electrons. The van der Waals surface area contributed by atoms with Gasteiger partial charge in [0.25, 0.3) is 22.2 Å². The lowest BCUT2D eigenvalue weighted by Crippen LogP contribution is -2.51. The molecule has 1 aliphatic carbocycles. The summed E-state index contributed by atoms with van der Waals surface area (Å²) >= 11 is 0. The number of non-ortho nitro benzene ring substituents is 2. The summed E-state index contributed by atoms with van der Waals surface area (Å²) in [6.07, 6.45) is 10.8. The number of nitro benzene ring substituents is 2. The molecule has 0 aromatic heterocycles. The SMILES string of the molecule is CCCCCN(CCCCC)[C@@H]1CCCC[C@H]1Nc1c(Nc2cc([N+](=O)[O-])cc([N+](=O)[O-])c2)c(=O)c1=O. The Kier molecular flexibility index (Phi) is 10.1. The van der Waals surface area contributed by atoms with Gasteiger partial charge in [-0.2, -0.15) is 0 Å². The summed E-state index contributed by atoms with van der Waals surface area (Å²) in [5.41, 5.74) is -2.19. The molecule has 37 heavy (non-hydrogen) atoms. The monoisotopic (exact) mass is 515 g/mol. The van der Waals surface area contributed by atoms with Gasteiger partial charge >= 0.3 is 0 Å². The number of nitrogens with zero attached hydrogens (tertiary/aromatic N) is 3. The Balaban J connectivity index is 1.83. The molecule has 2 aromatic rings. The molecule has 3 rings (SSSR count). The lowest BCUT2D eigenvalue weighted by atomic mass is 9.88. The van der Waals surface area contributed by atoms with Gasteiger partial charge in [0, 0.05) is 24.2 Å². The number of rotatable bonds is 15. The van der Waals surface area contributed by atoms with Gasteiger partial charge in [-0.3, -0.25) is 34.7 Å². The molecule has 0 spiro atoms. The minimum absolute atomic E-state index is 0.00682. The van der Waals surface area contributed by atoms with E-state index in [1.165, 1.54) is 0 Å². The highest BCUT2D eigenvalue weighted by Gasteiger charge is 2.33. The van der Waals surface area contributed by atoms with Crippen molar-refractivity contribution in [2.24, 2.45) is 0 Å². The van der Waals surface area contributed by atoms with Gasteiger partial charge in [0.1, 0.15) is 11.4 Å². The third-order valence-electron chi connectivity index (χ3n) is 7.13. The van der Waals surface area contributed by atoms with Gasteiger partial charge in [0.2, 0.25) is 0 Å². The molecule has 2 N–H and O–H groups in total. The Morgan fingerprint density at radius 1 is 0.838 bits per heavy atom. The standard InChI is InChI=1S/C26H37N5O6/c1-3-5-9-13-29(14-10-6-4-2)22-12-8-7-11-21(22)28-24-23(25(32)26(24)33)27-18-15-19(30(34)35)17-20(16-18)31(36)37/h15-17,21-22,27-28H,3-14H2,1-2H3/t21-,22-/m1/s1. The molecule has 0 unspecified atom stereocenters. The predicted molar refractivity (Wildman–Crippen MR) is 145 cm³/mol. The lowest BCUT2D eigenvalue weighted by molar-refractivity contribution is -0.394. The van der Waals surface area contributed by atoms with Crippen molar-refractivity contribution in [3.05, 3.63) is 58.9 Å². The molecule has 11 heteroatoms. The maximum Gasteiger partial charge on any atom is 0.278 e. The fraction of sp³-hybridized carbons (Fsp3) is 0.615. The van der Waals surface area contributed by atoms with E-state index in [0.717, 1.165) is 95.5 Å². The van der Waals surface area contributed by atoms with Crippen LogP contribution in [0.25, 0.3) is 0 Å². The first-order valence-electron chi connectivity index (χ1n) is 13.3. The fourth-order valence-electron chi connectivity index (χ4n) is 5.15. The van der Waals surface area contributed by atoms with Gasteiger partial charge in [-0.05, 0) is 38.8 Å². The average Bonchev–Trinajstić information content (AvgIpc) is 2.89. The van der Waals surface area contributed by atoms with Gasteiger partial charge in [-0.15, -0.1) is 0 Å². The minimum atomic E-state index is -0.744. The second-order valence-corrected chi connectivity index (χ2v) is 9.84. The van der Waals surface area contributed by atoms with Crippen molar-refractivity contribution in [3.63, 3.8) is 0 Å². The Morgan fingerprint density at radius 2 is 1.38 bits per heavy atom. The zero-order valence-corrected chi connectivity index (χ0v) is 21.7. The highest BCUT2D eigenvalue weighted by Crippen LogP contribution is 2.32. The van der Waals surface area contributed by atoms with Gasteiger partial charge < -0.3 is 10.6 Å². The average molecular weight is 516 g/mol. The van der Waals surface area contributed by atoms with Crippen molar-refractivity contribution >= 4 is 28.4 Å². The molecule has 0 saturated heterocycles. The van der Waals surface area contributed by atoms with E-state index in [9.17, 15) is 29.8 Å². The summed E-state index contributed by atoms with van der Waals surface area (Å²) in [6.45, 7) is 6.36. The summed E-state index contributed by atoms with van der Waals surface area (Å²) in [5.74, 6) is 0. The van der Waals surface area contributed by atoms with Crippen LogP contribution < -0.4 is 21.5 Å². The van der Waals surface area contributed by atoms with Crippen molar-refractivity contribution < 1.29 is 9.85 Å². The number of nitro groups is 2. The van der Waals surface area contributed by atoms with Crippen molar-refractivity contribution in [2.75, 3.05) is 23.7 Å². The molecule has 0 heterocycles. The molecule has 0 radical (unpaired) electrons. The van der Waals surface area contributed by atoms with E-state index in [2.05, 4.69) is 29.4 Å². The van der Waals surface area contributed by atoms with E-state index in [1.807, 2.05) is 0 Å². The topological polar surface area (TPSA) is 148 Å². The van der Waals surface area contributed by atoms with E-state index in [-0.39, 0.29) is 29.1 Å². The first-order chi connectivity index (χ1) is 17.8. The second-order valence-electron chi connectivity index (χ2n) is 9.84. The molecular formula is C26H37N5O6. The molecule has 1 aliphatic rings. The van der Waals surface area contributed by atoms with Crippen LogP contribution in [-0.2, 0) is 0 Å². The molecule has 11 nitrogen and oxygen atoms in total.